The highest BCUT2D eigenvalue weighted by atomic mass is 127. The molecule has 0 saturated carbocycles. The van der Waals surface area contributed by atoms with Gasteiger partial charge >= 0.3 is 0 Å². The lowest BCUT2D eigenvalue weighted by Gasteiger charge is -2.09. The maximum absolute atomic E-state index is 3.75. The highest BCUT2D eigenvalue weighted by Gasteiger charge is 2.06. The molecule has 0 bridgehead atoms. The Morgan fingerprint density at radius 3 is 1.83 bits per heavy atom. The Morgan fingerprint density at radius 2 is 1.83 bits per heavy atom. The van der Waals surface area contributed by atoms with Gasteiger partial charge in [0.05, 0.1) is 0 Å². The third kappa shape index (κ3) is 4.73. The van der Waals surface area contributed by atoms with Crippen molar-refractivity contribution < 1.29 is 0 Å². The average molecular weight is 197 g/mol. The first-order chi connectivity index (χ1) is 2.56. The standard InChI is InChI=1S/C5H10I/c1-4-5(2,3)6/h1,4H2,2-3H3. The van der Waals surface area contributed by atoms with Crippen molar-refractivity contribution in [2.75, 3.05) is 0 Å². The summed E-state index contributed by atoms with van der Waals surface area (Å²) in [5, 5.41) is 0. The summed E-state index contributed by atoms with van der Waals surface area (Å²) in [4.78, 5) is 0. The van der Waals surface area contributed by atoms with E-state index in [1.165, 1.54) is 0 Å². The van der Waals surface area contributed by atoms with Crippen LogP contribution in [0.25, 0.3) is 0 Å². The van der Waals surface area contributed by atoms with E-state index in [0.717, 1.165) is 6.42 Å². The molecule has 0 saturated heterocycles. The summed E-state index contributed by atoms with van der Waals surface area (Å²) in [6.45, 7) is 8.08. The highest BCUT2D eigenvalue weighted by molar-refractivity contribution is 14.1. The minimum Gasteiger partial charge on any atom is -0.0795 e. The predicted molar refractivity (Wildman–Crippen MR) is 38.1 cm³/mol. The van der Waals surface area contributed by atoms with Crippen LogP contribution in [0, 0.1) is 6.92 Å². The minimum absolute atomic E-state index is 0.401. The molecule has 0 amide bonds. The van der Waals surface area contributed by atoms with Crippen LogP contribution in [0.1, 0.15) is 20.3 Å². The fourth-order valence-electron chi connectivity index (χ4n) is 0. The van der Waals surface area contributed by atoms with Gasteiger partial charge in [0.15, 0.2) is 0 Å². The van der Waals surface area contributed by atoms with Gasteiger partial charge in [-0.3, -0.25) is 0 Å². The Bertz CT molecular complexity index is 33.7. The summed E-state index contributed by atoms with van der Waals surface area (Å²) in [6, 6.07) is 0. The lowest BCUT2D eigenvalue weighted by atomic mass is 10.2. The Morgan fingerprint density at radius 1 is 1.67 bits per heavy atom. The minimum atomic E-state index is 0.401. The van der Waals surface area contributed by atoms with Gasteiger partial charge in [0.2, 0.25) is 0 Å². The van der Waals surface area contributed by atoms with Crippen LogP contribution < -0.4 is 0 Å². The van der Waals surface area contributed by atoms with Crippen molar-refractivity contribution >= 4 is 22.6 Å². The third-order valence-corrected chi connectivity index (χ3v) is 1.13. The van der Waals surface area contributed by atoms with E-state index in [2.05, 4.69) is 43.4 Å². The second kappa shape index (κ2) is 2.15. The van der Waals surface area contributed by atoms with Crippen molar-refractivity contribution in [2.24, 2.45) is 0 Å². The molecule has 0 rings (SSSR count). The van der Waals surface area contributed by atoms with Crippen LogP contribution in [0.3, 0.4) is 0 Å². The smallest absolute Gasteiger partial charge is 0.0166 e. The lowest BCUT2D eigenvalue weighted by molar-refractivity contribution is 0.762. The molecule has 6 heavy (non-hydrogen) atoms. The van der Waals surface area contributed by atoms with Crippen molar-refractivity contribution in [3.8, 4) is 0 Å². The molecule has 0 aromatic heterocycles. The zero-order valence-electron chi connectivity index (χ0n) is 4.29. The molecule has 37 valence electrons. The molecule has 0 fully saturated rings. The number of halogens is 1. The van der Waals surface area contributed by atoms with Crippen LogP contribution in [0.15, 0.2) is 0 Å². The van der Waals surface area contributed by atoms with Crippen LogP contribution in [0.5, 0.6) is 0 Å². The van der Waals surface area contributed by atoms with Gasteiger partial charge < -0.3 is 0 Å². The molecule has 0 unspecified atom stereocenters. The normalized spacial score (nSPS) is 12.0. The van der Waals surface area contributed by atoms with Gasteiger partial charge in [-0.05, 0) is 6.42 Å². The number of hydrogen-bond acceptors (Lipinski definition) is 0. The second-order valence-electron chi connectivity index (χ2n) is 1.97. The SMILES string of the molecule is [CH2]CC(C)(C)I. The van der Waals surface area contributed by atoms with Crippen molar-refractivity contribution in [2.45, 2.75) is 23.7 Å². The van der Waals surface area contributed by atoms with Crippen molar-refractivity contribution in [3.63, 3.8) is 0 Å². The molecule has 0 aromatic carbocycles. The number of rotatable bonds is 1. The van der Waals surface area contributed by atoms with Crippen LogP contribution in [-0.2, 0) is 0 Å². The van der Waals surface area contributed by atoms with E-state index in [1.54, 1.807) is 0 Å². The van der Waals surface area contributed by atoms with E-state index in [-0.39, 0.29) is 0 Å². The summed E-state index contributed by atoms with van der Waals surface area (Å²) in [6.07, 6.45) is 1.01. The van der Waals surface area contributed by atoms with E-state index in [0.29, 0.717) is 3.42 Å². The fourth-order valence-corrected chi connectivity index (χ4v) is 0. The van der Waals surface area contributed by atoms with Gasteiger partial charge in [-0.1, -0.05) is 43.4 Å². The van der Waals surface area contributed by atoms with Gasteiger partial charge in [-0.2, -0.15) is 0 Å². The Labute approximate surface area is 53.5 Å². The van der Waals surface area contributed by atoms with Crippen molar-refractivity contribution in [1.29, 1.82) is 0 Å². The zero-order chi connectivity index (χ0) is 5.21. The lowest BCUT2D eigenvalue weighted by Crippen LogP contribution is -2.04. The van der Waals surface area contributed by atoms with E-state index in [1.807, 2.05) is 0 Å². The molecule has 0 heterocycles. The summed E-state index contributed by atoms with van der Waals surface area (Å²) in [7, 11) is 0. The molecule has 0 aliphatic heterocycles. The number of hydrogen-bond donors (Lipinski definition) is 0. The zero-order valence-corrected chi connectivity index (χ0v) is 6.45. The van der Waals surface area contributed by atoms with Crippen molar-refractivity contribution in [1.82, 2.24) is 0 Å². The van der Waals surface area contributed by atoms with Crippen LogP contribution in [-0.4, -0.2) is 3.42 Å². The molecule has 0 atom stereocenters. The summed E-state index contributed by atoms with van der Waals surface area (Å²) >= 11 is 2.38. The molecule has 0 aliphatic carbocycles. The molecule has 0 aliphatic rings. The van der Waals surface area contributed by atoms with Gasteiger partial charge in [-0.25, -0.2) is 0 Å². The van der Waals surface area contributed by atoms with Gasteiger partial charge in [0.1, 0.15) is 0 Å². The maximum Gasteiger partial charge on any atom is 0.0166 e. The second-order valence-corrected chi connectivity index (χ2v) is 4.89. The summed E-state index contributed by atoms with van der Waals surface area (Å²) in [5.74, 6) is 0. The molecule has 0 aromatic rings. The Hall–Kier alpha value is 0.730. The topological polar surface area (TPSA) is 0 Å². The molecule has 0 nitrogen and oxygen atoms in total. The Kier molecular flexibility index (Phi) is 2.41. The average Bonchev–Trinajstić information content (AvgIpc) is 1.35. The largest absolute Gasteiger partial charge is 0.0795 e. The first kappa shape index (κ1) is 6.73. The maximum atomic E-state index is 3.75. The fraction of sp³-hybridized carbons (Fsp3) is 0.800. The van der Waals surface area contributed by atoms with E-state index >= 15 is 0 Å². The molecule has 1 heteroatoms. The molecule has 0 N–H and O–H groups in total. The van der Waals surface area contributed by atoms with Crippen LogP contribution in [0.4, 0.5) is 0 Å². The van der Waals surface area contributed by atoms with Gasteiger partial charge in [0, 0.05) is 3.42 Å². The molecular formula is C5H10I. The first-order valence-corrected chi connectivity index (χ1v) is 3.12. The first-order valence-electron chi connectivity index (χ1n) is 2.04. The number of alkyl halides is 1. The van der Waals surface area contributed by atoms with Gasteiger partial charge in [-0.15, -0.1) is 0 Å². The van der Waals surface area contributed by atoms with Crippen molar-refractivity contribution in [3.05, 3.63) is 6.92 Å². The highest BCUT2D eigenvalue weighted by Crippen LogP contribution is 2.19. The van der Waals surface area contributed by atoms with E-state index in [4.69, 9.17) is 0 Å². The quantitative estimate of drug-likeness (QED) is 0.447. The van der Waals surface area contributed by atoms with E-state index < -0.39 is 0 Å². The Balaban J connectivity index is 3.17. The summed E-state index contributed by atoms with van der Waals surface area (Å²) in [5.41, 5.74) is 0. The van der Waals surface area contributed by atoms with Gasteiger partial charge in [0.25, 0.3) is 0 Å². The predicted octanol–water partition coefficient (Wildman–Crippen LogP) is 2.42. The monoisotopic (exact) mass is 197 g/mol. The third-order valence-electron chi connectivity index (χ3n) is 0.594. The van der Waals surface area contributed by atoms with Crippen LogP contribution in [0.2, 0.25) is 0 Å². The molecular weight excluding hydrogens is 187 g/mol. The van der Waals surface area contributed by atoms with E-state index in [9.17, 15) is 0 Å². The molecule has 1 radical (unpaired) electrons. The summed E-state index contributed by atoms with van der Waals surface area (Å²) < 4.78 is 0.401. The van der Waals surface area contributed by atoms with Crippen LogP contribution >= 0.6 is 22.6 Å². The molecule has 0 spiro atoms.